The first kappa shape index (κ1) is 22.0. The van der Waals surface area contributed by atoms with Crippen LogP contribution in [-0.2, 0) is 11.2 Å². The minimum atomic E-state index is 0.204. The molecule has 2 rings (SSSR count). The molecule has 6 heteroatoms. The van der Waals surface area contributed by atoms with Crippen LogP contribution in [0, 0.1) is 0 Å². The van der Waals surface area contributed by atoms with E-state index in [9.17, 15) is 5.11 Å². The molecule has 1 aromatic rings. The predicted octanol–water partition coefficient (Wildman–Crippen LogP) is 2.22. The molecule has 1 fully saturated rings. The molecule has 0 bridgehead atoms. The summed E-state index contributed by atoms with van der Waals surface area (Å²) in [7, 11) is 1.65. The van der Waals surface area contributed by atoms with Gasteiger partial charge in [-0.2, -0.15) is 0 Å². The van der Waals surface area contributed by atoms with Gasteiger partial charge in [0.25, 0.3) is 0 Å². The Kier molecular flexibility index (Phi) is 9.91. The summed E-state index contributed by atoms with van der Waals surface area (Å²) < 4.78 is 17.3. The SMILES string of the molecule is CCN(CCO)C1CCCCC1OCCc1ccc(OCCN)c(OC)c1. The van der Waals surface area contributed by atoms with Gasteiger partial charge in [0.2, 0.25) is 0 Å². The molecule has 2 unspecified atom stereocenters. The number of likely N-dealkylation sites (N-methyl/N-ethyl adjacent to an activating group) is 1. The minimum absolute atomic E-state index is 0.204. The molecular formula is C21H36N2O4. The smallest absolute Gasteiger partial charge is 0.161 e. The van der Waals surface area contributed by atoms with Crippen molar-refractivity contribution in [1.82, 2.24) is 4.90 Å². The fourth-order valence-electron chi connectivity index (χ4n) is 3.86. The highest BCUT2D eigenvalue weighted by Gasteiger charge is 2.29. The Bertz CT molecular complexity index is 541. The van der Waals surface area contributed by atoms with Crippen LogP contribution in [0.1, 0.15) is 38.2 Å². The lowest BCUT2D eigenvalue weighted by molar-refractivity contribution is -0.0372. The third-order valence-electron chi connectivity index (χ3n) is 5.26. The van der Waals surface area contributed by atoms with Crippen molar-refractivity contribution in [2.45, 2.75) is 51.2 Å². The maximum Gasteiger partial charge on any atom is 0.161 e. The van der Waals surface area contributed by atoms with E-state index in [2.05, 4.69) is 17.9 Å². The molecule has 0 amide bonds. The van der Waals surface area contributed by atoms with Gasteiger partial charge >= 0.3 is 0 Å². The molecular weight excluding hydrogens is 344 g/mol. The highest BCUT2D eigenvalue weighted by atomic mass is 16.5. The van der Waals surface area contributed by atoms with Crippen LogP contribution in [-0.4, -0.2) is 68.7 Å². The first-order valence-corrected chi connectivity index (χ1v) is 10.2. The topological polar surface area (TPSA) is 77.2 Å². The van der Waals surface area contributed by atoms with Crippen molar-refractivity contribution >= 4 is 0 Å². The number of aliphatic hydroxyl groups is 1. The van der Waals surface area contributed by atoms with Crippen LogP contribution >= 0.6 is 0 Å². The molecule has 0 aromatic heterocycles. The fourth-order valence-corrected chi connectivity index (χ4v) is 3.86. The zero-order chi connectivity index (χ0) is 19.5. The normalized spacial score (nSPS) is 20.0. The van der Waals surface area contributed by atoms with E-state index in [-0.39, 0.29) is 12.7 Å². The van der Waals surface area contributed by atoms with Gasteiger partial charge < -0.3 is 25.1 Å². The Balaban J connectivity index is 1.90. The number of ether oxygens (including phenoxy) is 3. The summed E-state index contributed by atoms with van der Waals surface area (Å²) in [4.78, 5) is 2.36. The van der Waals surface area contributed by atoms with E-state index in [0.29, 0.717) is 25.8 Å². The standard InChI is InChI=1S/C21H36N2O4/c1-3-23(12-13-24)18-6-4-5-7-19(18)26-14-10-17-8-9-20(27-15-11-22)21(16-17)25-2/h8-9,16,18-19,24H,3-7,10-15,22H2,1-2H3. The molecule has 0 spiro atoms. The first-order valence-electron chi connectivity index (χ1n) is 10.2. The van der Waals surface area contributed by atoms with Crippen molar-refractivity contribution in [2.24, 2.45) is 5.73 Å². The third kappa shape index (κ3) is 6.64. The number of hydrogen-bond acceptors (Lipinski definition) is 6. The first-order chi connectivity index (χ1) is 13.2. The number of aliphatic hydroxyl groups excluding tert-OH is 1. The highest BCUT2D eigenvalue weighted by Crippen LogP contribution is 2.29. The van der Waals surface area contributed by atoms with Gasteiger partial charge in [0, 0.05) is 19.1 Å². The number of rotatable bonds is 12. The number of nitrogens with two attached hydrogens (primary N) is 1. The van der Waals surface area contributed by atoms with Crippen LogP contribution in [0.15, 0.2) is 18.2 Å². The van der Waals surface area contributed by atoms with Crippen LogP contribution in [0.5, 0.6) is 11.5 Å². The molecule has 0 heterocycles. The van der Waals surface area contributed by atoms with Gasteiger partial charge in [-0.25, -0.2) is 0 Å². The highest BCUT2D eigenvalue weighted by molar-refractivity contribution is 5.43. The van der Waals surface area contributed by atoms with Gasteiger partial charge in [-0.1, -0.05) is 25.8 Å². The monoisotopic (exact) mass is 380 g/mol. The van der Waals surface area contributed by atoms with Gasteiger partial charge in [-0.05, 0) is 43.5 Å². The quantitative estimate of drug-likeness (QED) is 0.579. The average molecular weight is 381 g/mol. The molecule has 1 saturated carbocycles. The molecule has 27 heavy (non-hydrogen) atoms. The van der Waals surface area contributed by atoms with E-state index in [1.165, 1.54) is 18.4 Å². The number of nitrogens with zero attached hydrogens (tertiary/aromatic N) is 1. The Morgan fingerprint density at radius 1 is 1.19 bits per heavy atom. The molecule has 0 radical (unpaired) electrons. The molecule has 0 saturated heterocycles. The molecule has 0 aliphatic heterocycles. The second-order valence-corrected chi connectivity index (χ2v) is 6.99. The second kappa shape index (κ2) is 12.2. The lowest BCUT2D eigenvalue weighted by atomic mass is 9.91. The Morgan fingerprint density at radius 2 is 2.00 bits per heavy atom. The van der Waals surface area contributed by atoms with Crippen LogP contribution in [0.4, 0.5) is 0 Å². The molecule has 2 atom stereocenters. The molecule has 1 aliphatic rings. The lowest BCUT2D eigenvalue weighted by Gasteiger charge is -2.39. The van der Waals surface area contributed by atoms with Gasteiger partial charge in [-0.3, -0.25) is 4.90 Å². The Morgan fingerprint density at radius 3 is 2.70 bits per heavy atom. The van der Waals surface area contributed by atoms with E-state index in [4.69, 9.17) is 19.9 Å². The summed E-state index contributed by atoms with van der Waals surface area (Å²) >= 11 is 0. The predicted molar refractivity (Wildman–Crippen MR) is 108 cm³/mol. The van der Waals surface area contributed by atoms with Crippen molar-refractivity contribution in [3.8, 4) is 11.5 Å². The number of methoxy groups -OCH3 is 1. The Labute approximate surface area is 163 Å². The van der Waals surface area contributed by atoms with Crippen molar-refractivity contribution in [3.63, 3.8) is 0 Å². The van der Waals surface area contributed by atoms with Crippen molar-refractivity contribution in [3.05, 3.63) is 23.8 Å². The van der Waals surface area contributed by atoms with Gasteiger partial charge in [0.15, 0.2) is 11.5 Å². The van der Waals surface area contributed by atoms with Gasteiger partial charge in [0.1, 0.15) is 6.61 Å². The van der Waals surface area contributed by atoms with Gasteiger partial charge in [-0.15, -0.1) is 0 Å². The molecule has 154 valence electrons. The van der Waals surface area contributed by atoms with Crippen molar-refractivity contribution in [1.29, 1.82) is 0 Å². The summed E-state index contributed by atoms with van der Waals surface area (Å²) in [6.07, 6.45) is 5.80. The van der Waals surface area contributed by atoms with Crippen molar-refractivity contribution < 1.29 is 19.3 Å². The van der Waals surface area contributed by atoms with E-state index in [1.807, 2.05) is 12.1 Å². The average Bonchev–Trinajstić information content (AvgIpc) is 2.71. The van der Waals surface area contributed by atoms with Crippen LogP contribution in [0.3, 0.4) is 0 Å². The summed E-state index contributed by atoms with van der Waals surface area (Å²) in [5.74, 6) is 1.46. The molecule has 1 aromatic carbocycles. The third-order valence-corrected chi connectivity index (χ3v) is 5.26. The van der Waals surface area contributed by atoms with Crippen molar-refractivity contribution in [2.75, 3.05) is 46.6 Å². The number of benzene rings is 1. The molecule has 6 nitrogen and oxygen atoms in total. The summed E-state index contributed by atoms with van der Waals surface area (Å²) in [5.41, 5.74) is 6.66. The lowest BCUT2D eigenvalue weighted by Crippen LogP contribution is -2.47. The summed E-state index contributed by atoms with van der Waals surface area (Å²) in [6.45, 7) is 5.67. The largest absolute Gasteiger partial charge is 0.493 e. The van der Waals surface area contributed by atoms with Crippen LogP contribution < -0.4 is 15.2 Å². The Hall–Kier alpha value is -1.34. The maximum atomic E-state index is 9.32. The maximum absolute atomic E-state index is 9.32. The van der Waals surface area contributed by atoms with Gasteiger partial charge in [0.05, 0.1) is 26.4 Å². The zero-order valence-electron chi connectivity index (χ0n) is 16.9. The van der Waals surface area contributed by atoms with Crippen LogP contribution in [0.2, 0.25) is 0 Å². The molecule has 1 aliphatic carbocycles. The second-order valence-electron chi connectivity index (χ2n) is 6.99. The summed E-state index contributed by atoms with van der Waals surface area (Å²) in [5, 5.41) is 9.32. The number of hydrogen-bond donors (Lipinski definition) is 2. The summed E-state index contributed by atoms with van der Waals surface area (Å²) in [6, 6.07) is 6.42. The zero-order valence-corrected chi connectivity index (χ0v) is 16.9. The van der Waals surface area contributed by atoms with E-state index < -0.39 is 0 Å². The van der Waals surface area contributed by atoms with E-state index >= 15 is 0 Å². The van der Waals surface area contributed by atoms with E-state index in [0.717, 1.165) is 43.9 Å². The molecule has 3 N–H and O–H groups in total. The van der Waals surface area contributed by atoms with Crippen LogP contribution in [0.25, 0.3) is 0 Å². The minimum Gasteiger partial charge on any atom is -0.493 e. The van der Waals surface area contributed by atoms with E-state index in [1.54, 1.807) is 7.11 Å². The fraction of sp³-hybridized carbons (Fsp3) is 0.714.